The van der Waals surface area contributed by atoms with Crippen molar-refractivity contribution in [2.24, 2.45) is 0 Å². The lowest BCUT2D eigenvalue weighted by Crippen LogP contribution is -2.00. The molecular formula is C13H8ClFN2O4. The molecule has 0 amide bonds. The van der Waals surface area contributed by atoms with Crippen molar-refractivity contribution in [1.29, 1.82) is 0 Å². The lowest BCUT2D eigenvalue weighted by Gasteiger charge is -2.09. The number of aromatic carboxylic acids is 1. The van der Waals surface area contributed by atoms with E-state index in [0.717, 1.165) is 12.1 Å². The number of carboxylic acids is 1. The molecule has 0 unspecified atom stereocenters. The van der Waals surface area contributed by atoms with Crippen LogP contribution in [0.25, 0.3) is 0 Å². The van der Waals surface area contributed by atoms with Gasteiger partial charge in [0, 0.05) is 11.8 Å². The number of halogens is 2. The molecule has 0 spiro atoms. The molecule has 2 N–H and O–H groups in total. The Morgan fingerprint density at radius 3 is 2.57 bits per heavy atom. The molecule has 0 fully saturated rings. The van der Waals surface area contributed by atoms with Crippen molar-refractivity contribution in [3.8, 4) is 0 Å². The smallest absolute Gasteiger partial charge is 0.337 e. The number of non-ortho nitro benzene ring substituents is 1. The molecule has 0 aliphatic rings. The lowest BCUT2D eigenvalue weighted by atomic mass is 10.2. The minimum Gasteiger partial charge on any atom is -0.478 e. The fourth-order valence-corrected chi connectivity index (χ4v) is 1.84. The van der Waals surface area contributed by atoms with Crippen LogP contribution in [0.2, 0.25) is 5.02 Å². The second-order valence-corrected chi connectivity index (χ2v) is 4.45. The molecule has 8 heteroatoms. The topological polar surface area (TPSA) is 92.5 Å². The fraction of sp³-hybridized carbons (Fsp3) is 0. The van der Waals surface area contributed by atoms with Gasteiger partial charge < -0.3 is 10.4 Å². The number of anilines is 2. The molecule has 2 aromatic carbocycles. The third-order valence-electron chi connectivity index (χ3n) is 2.64. The van der Waals surface area contributed by atoms with Gasteiger partial charge in [-0.3, -0.25) is 10.1 Å². The number of nitrogens with zero attached hydrogens (tertiary/aromatic N) is 1. The van der Waals surface area contributed by atoms with E-state index in [1.165, 1.54) is 24.3 Å². The molecule has 0 heterocycles. The summed E-state index contributed by atoms with van der Waals surface area (Å²) in [5.74, 6) is -2.04. The zero-order chi connectivity index (χ0) is 15.6. The normalized spacial score (nSPS) is 10.2. The highest BCUT2D eigenvalue weighted by molar-refractivity contribution is 6.33. The number of hydrogen-bond donors (Lipinski definition) is 2. The van der Waals surface area contributed by atoms with E-state index in [0.29, 0.717) is 5.69 Å². The molecule has 0 aliphatic heterocycles. The average molecular weight is 311 g/mol. The first-order valence-electron chi connectivity index (χ1n) is 5.62. The molecule has 2 aromatic rings. The van der Waals surface area contributed by atoms with Gasteiger partial charge in [-0.15, -0.1) is 0 Å². The maximum absolute atomic E-state index is 13.7. The van der Waals surface area contributed by atoms with E-state index >= 15 is 0 Å². The van der Waals surface area contributed by atoms with Crippen molar-refractivity contribution >= 4 is 34.6 Å². The van der Waals surface area contributed by atoms with Crippen LogP contribution in [0.5, 0.6) is 0 Å². The zero-order valence-electron chi connectivity index (χ0n) is 10.3. The average Bonchev–Trinajstić information content (AvgIpc) is 2.42. The molecule has 2 rings (SSSR count). The summed E-state index contributed by atoms with van der Waals surface area (Å²) in [6, 6.07) is 7.18. The highest BCUT2D eigenvalue weighted by Gasteiger charge is 2.13. The molecule has 0 aliphatic carbocycles. The summed E-state index contributed by atoms with van der Waals surface area (Å²) in [7, 11) is 0. The SMILES string of the molecule is O=C(O)c1cc(Nc2ccc([N+](=O)[O-])cc2F)ccc1Cl. The maximum Gasteiger partial charge on any atom is 0.337 e. The molecule has 0 saturated carbocycles. The molecule has 21 heavy (non-hydrogen) atoms. The highest BCUT2D eigenvalue weighted by atomic mass is 35.5. The Kier molecular flexibility index (Phi) is 4.04. The van der Waals surface area contributed by atoms with Gasteiger partial charge in [0.05, 0.1) is 27.3 Å². The van der Waals surface area contributed by atoms with Crippen molar-refractivity contribution in [3.05, 3.63) is 62.9 Å². The van der Waals surface area contributed by atoms with Crippen molar-refractivity contribution in [3.63, 3.8) is 0 Å². The largest absolute Gasteiger partial charge is 0.478 e. The first-order chi connectivity index (χ1) is 9.88. The molecule has 0 bridgehead atoms. The Labute approximate surface area is 122 Å². The third kappa shape index (κ3) is 3.26. The van der Waals surface area contributed by atoms with E-state index in [1.807, 2.05) is 0 Å². The predicted molar refractivity (Wildman–Crippen MR) is 74.7 cm³/mol. The second kappa shape index (κ2) is 5.76. The van der Waals surface area contributed by atoms with Gasteiger partial charge in [-0.05, 0) is 24.3 Å². The summed E-state index contributed by atoms with van der Waals surface area (Å²) in [5.41, 5.74) is -0.229. The van der Waals surface area contributed by atoms with E-state index in [9.17, 15) is 19.3 Å². The van der Waals surface area contributed by atoms with Crippen molar-refractivity contribution < 1.29 is 19.2 Å². The van der Waals surface area contributed by atoms with Gasteiger partial charge in [0.15, 0.2) is 5.82 Å². The van der Waals surface area contributed by atoms with Gasteiger partial charge in [0.1, 0.15) is 0 Å². The van der Waals surface area contributed by atoms with Crippen LogP contribution in [0.3, 0.4) is 0 Å². The van der Waals surface area contributed by atoms with Gasteiger partial charge in [-0.25, -0.2) is 9.18 Å². The van der Waals surface area contributed by atoms with Gasteiger partial charge >= 0.3 is 5.97 Å². The summed E-state index contributed by atoms with van der Waals surface area (Å²) in [6.45, 7) is 0. The van der Waals surface area contributed by atoms with Crippen LogP contribution < -0.4 is 5.32 Å². The highest BCUT2D eigenvalue weighted by Crippen LogP contribution is 2.26. The Hall–Kier alpha value is -2.67. The molecule has 0 aromatic heterocycles. The number of benzene rings is 2. The van der Waals surface area contributed by atoms with Crippen LogP contribution >= 0.6 is 11.6 Å². The van der Waals surface area contributed by atoms with E-state index in [2.05, 4.69) is 5.32 Å². The lowest BCUT2D eigenvalue weighted by molar-refractivity contribution is -0.385. The number of nitro groups is 1. The van der Waals surface area contributed by atoms with Crippen molar-refractivity contribution in [2.75, 3.05) is 5.32 Å². The number of hydrogen-bond acceptors (Lipinski definition) is 4. The molecule has 0 atom stereocenters. The Morgan fingerprint density at radius 2 is 2.00 bits per heavy atom. The first-order valence-corrected chi connectivity index (χ1v) is 6.00. The van der Waals surface area contributed by atoms with Crippen molar-refractivity contribution in [2.45, 2.75) is 0 Å². The van der Waals surface area contributed by atoms with Gasteiger partial charge in [0.25, 0.3) is 5.69 Å². The summed E-state index contributed by atoms with van der Waals surface area (Å²) in [4.78, 5) is 20.8. The molecule has 6 nitrogen and oxygen atoms in total. The molecular weight excluding hydrogens is 303 g/mol. The number of nitro benzene ring substituents is 1. The van der Waals surface area contributed by atoms with E-state index in [4.69, 9.17) is 16.7 Å². The summed E-state index contributed by atoms with van der Waals surface area (Å²) >= 11 is 5.72. The summed E-state index contributed by atoms with van der Waals surface area (Å²) < 4.78 is 13.7. The van der Waals surface area contributed by atoms with E-state index in [1.54, 1.807) is 0 Å². The van der Waals surface area contributed by atoms with Crippen LogP contribution in [0.4, 0.5) is 21.5 Å². The molecule has 0 radical (unpaired) electrons. The van der Waals surface area contributed by atoms with Gasteiger partial charge in [-0.2, -0.15) is 0 Å². The first kappa shape index (κ1) is 14.7. The zero-order valence-corrected chi connectivity index (χ0v) is 11.1. The fourth-order valence-electron chi connectivity index (χ4n) is 1.64. The predicted octanol–water partition coefficient (Wildman–Crippen LogP) is 3.83. The Morgan fingerprint density at radius 1 is 1.29 bits per heavy atom. The van der Waals surface area contributed by atoms with Crippen LogP contribution in [0, 0.1) is 15.9 Å². The minimum absolute atomic E-state index is 0.0146. The molecule has 108 valence electrons. The van der Waals surface area contributed by atoms with Gasteiger partial charge in [0.2, 0.25) is 0 Å². The quantitative estimate of drug-likeness (QED) is 0.661. The minimum atomic E-state index is -1.21. The van der Waals surface area contributed by atoms with Crippen LogP contribution in [0.15, 0.2) is 36.4 Å². The number of carboxylic acid groups (broad SMARTS) is 1. The Bertz CT molecular complexity index is 736. The second-order valence-electron chi connectivity index (χ2n) is 4.05. The molecule has 0 saturated heterocycles. The number of nitrogens with one attached hydrogen (secondary N) is 1. The number of rotatable bonds is 4. The summed E-state index contributed by atoms with van der Waals surface area (Å²) in [6.07, 6.45) is 0. The van der Waals surface area contributed by atoms with Crippen LogP contribution in [-0.4, -0.2) is 16.0 Å². The van der Waals surface area contributed by atoms with E-state index < -0.39 is 16.7 Å². The summed E-state index contributed by atoms with van der Waals surface area (Å²) in [5, 5.41) is 22.2. The van der Waals surface area contributed by atoms with Gasteiger partial charge in [-0.1, -0.05) is 11.6 Å². The van der Waals surface area contributed by atoms with Crippen LogP contribution in [-0.2, 0) is 0 Å². The van der Waals surface area contributed by atoms with E-state index in [-0.39, 0.29) is 22.0 Å². The standard InChI is InChI=1S/C13H8ClFN2O4/c14-10-3-1-7(5-9(10)13(18)19)16-12-4-2-8(17(20)21)6-11(12)15/h1-6,16H,(H,18,19). The van der Waals surface area contributed by atoms with Crippen LogP contribution in [0.1, 0.15) is 10.4 Å². The Balaban J connectivity index is 2.32. The van der Waals surface area contributed by atoms with Crippen molar-refractivity contribution in [1.82, 2.24) is 0 Å². The number of carbonyl (C=O) groups is 1. The maximum atomic E-state index is 13.7. The monoisotopic (exact) mass is 310 g/mol. The third-order valence-corrected chi connectivity index (χ3v) is 2.97.